The Balaban J connectivity index is 1.91. The Morgan fingerprint density at radius 2 is 2.00 bits per heavy atom. The van der Waals surface area contributed by atoms with Crippen LogP contribution in [0.3, 0.4) is 0 Å². The van der Waals surface area contributed by atoms with E-state index in [1.807, 2.05) is 0 Å². The molecule has 0 spiro atoms. The molecule has 1 saturated heterocycles. The van der Waals surface area contributed by atoms with Crippen LogP contribution in [-0.2, 0) is 15.7 Å². The molecular formula is C18H16F3N3O3. The topological polar surface area (TPSA) is 71.5 Å². The van der Waals surface area contributed by atoms with Crippen LogP contribution in [-0.4, -0.2) is 36.2 Å². The maximum Gasteiger partial charge on any atom is 0.417 e. The van der Waals surface area contributed by atoms with Crippen LogP contribution in [0.5, 0.6) is 0 Å². The quantitative estimate of drug-likeness (QED) is 0.885. The minimum atomic E-state index is -4.60. The van der Waals surface area contributed by atoms with E-state index in [4.69, 9.17) is 4.74 Å². The average Bonchev–Trinajstić information content (AvgIpc) is 3.00. The highest BCUT2D eigenvalue weighted by molar-refractivity contribution is 5.90. The van der Waals surface area contributed by atoms with Gasteiger partial charge >= 0.3 is 12.3 Å². The molecule has 27 heavy (non-hydrogen) atoms. The fourth-order valence-corrected chi connectivity index (χ4v) is 2.81. The Labute approximate surface area is 152 Å². The number of aromatic nitrogens is 1. The number of halogens is 3. The molecule has 0 aliphatic carbocycles. The predicted octanol–water partition coefficient (Wildman–Crippen LogP) is 3.23. The highest BCUT2D eigenvalue weighted by atomic mass is 19.4. The van der Waals surface area contributed by atoms with Gasteiger partial charge in [-0.25, -0.2) is 4.79 Å². The highest BCUT2D eigenvalue weighted by Gasteiger charge is 2.37. The number of anilines is 1. The number of ether oxygens (including phenoxy) is 1. The first-order valence-electron chi connectivity index (χ1n) is 8.10. The minimum absolute atomic E-state index is 0.00369. The molecule has 1 aromatic carbocycles. The number of pyridine rings is 1. The second-order valence-electron chi connectivity index (χ2n) is 6.02. The number of hydrogen-bond donors (Lipinski definition) is 1. The zero-order chi connectivity index (χ0) is 19.6. The monoisotopic (exact) mass is 379 g/mol. The molecule has 2 heterocycles. The Bertz CT molecular complexity index is 856. The molecule has 142 valence electrons. The van der Waals surface area contributed by atoms with Crippen LogP contribution in [0.1, 0.15) is 12.5 Å². The summed E-state index contributed by atoms with van der Waals surface area (Å²) in [7, 11) is 0. The van der Waals surface area contributed by atoms with Gasteiger partial charge in [-0.3, -0.25) is 14.7 Å². The molecular weight excluding hydrogens is 363 g/mol. The third-order valence-corrected chi connectivity index (χ3v) is 4.06. The van der Waals surface area contributed by atoms with E-state index in [0.717, 1.165) is 11.0 Å². The fourth-order valence-electron chi connectivity index (χ4n) is 2.81. The van der Waals surface area contributed by atoms with Gasteiger partial charge in [0.15, 0.2) is 0 Å². The SMILES string of the molecule is CC(=O)NCC1CN(c2ccc(-c3ccncc3)c(C(F)(F)F)c2)C(=O)O1. The summed E-state index contributed by atoms with van der Waals surface area (Å²) >= 11 is 0. The normalized spacial score (nSPS) is 17.0. The summed E-state index contributed by atoms with van der Waals surface area (Å²) in [5, 5.41) is 2.52. The number of carbonyl (C=O) groups is 2. The molecule has 3 rings (SSSR count). The molecule has 0 saturated carbocycles. The van der Waals surface area contributed by atoms with Gasteiger partial charge in [0.2, 0.25) is 5.91 Å². The lowest BCUT2D eigenvalue weighted by atomic mass is 9.99. The first-order valence-corrected chi connectivity index (χ1v) is 8.10. The van der Waals surface area contributed by atoms with Crippen LogP contribution >= 0.6 is 0 Å². The van der Waals surface area contributed by atoms with Crippen LogP contribution in [0, 0.1) is 0 Å². The van der Waals surface area contributed by atoms with Gasteiger partial charge in [0.05, 0.1) is 18.7 Å². The van der Waals surface area contributed by atoms with Crippen LogP contribution < -0.4 is 10.2 Å². The van der Waals surface area contributed by atoms with Gasteiger partial charge in [-0.2, -0.15) is 13.2 Å². The van der Waals surface area contributed by atoms with Crippen molar-refractivity contribution in [3.8, 4) is 11.1 Å². The summed E-state index contributed by atoms with van der Waals surface area (Å²) in [5.41, 5.74) is -0.410. The number of benzene rings is 1. The van der Waals surface area contributed by atoms with Gasteiger partial charge < -0.3 is 10.1 Å². The third kappa shape index (κ3) is 4.18. The summed E-state index contributed by atoms with van der Waals surface area (Å²) in [4.78, 5) is 27.9. The number of rotatable bonds is 4. The van der Waals surface area contributed by atoms with Crippen molar-refractivity contribution in [3.63, 3.8) is 0 Å². The predicted molar refractivity (Wildman–Crippen MR) is 91.0 cm³/mol. The molecule has 9 heteroatoms. The largest absolute Gasteiger partial charge is 0.442 e. The number of cyclic esters (lactones) is 1. The van der Waals surface area contributed by atoms with Crippen molar-refractivity contribution in [3.05, 3.63) is 48.3 Å². The Morgan fingerprint density at radius 3 is 2.63 bits per heavy atom. The van der Waals surface area contributed by atoms with Crippen LogP contribution in [0.4, 0.5) is 23.7 Å². The van der Waals surface area contributed by atoms with E-state index in [0.29, 0.717) is 5.56 Å². The van der Waals surface area contributed by atoms with Gasteiger partial charge in [0, 0.05) is 25.0 Å². The second kappa shape index (κ2) is 7.26. The molecule has 1 atom stereocenters. The number of hydrogen-bond acceptors (Lipinski definition) is 4. The average molecular weight is 379 g/mol. The molecule has 1 fully saturated rings. The van der Waals surface area contributed by atoms with Crippen molar-refractivity contribution >= 4 is 17.7 Å². The first kappa shape index (κ1) is 18.7. The summed E-state index contributed by atoms with van der Waals surface area (Å²) in [6.45, 7) is 1.46. The molecule has 1 aliphatic rings. The Kier molecular flexibility index (Phi) is 5.02. The van der Waals surface area contributed by atoms with Crippen molar-refractivity contribution in [2.75, 3.05) is 18.0 Å². The van der Waals surface area contributed by atoms with Crippen molar-refractivity contribution in [2.45, 2.75) is 19.2 Å². The highest BCUT2D eigenvalue weighted by Crippen LogP contribution is 2.39. The van der Waals surface area contributed by atoms with E-state index in [-0.39, 0.29) is 30.2 Å². The zero-order valence-electron chi connectivity index (χ0n) is 14.3. The van der Waals surface area contributed by atoms with Crippen molar-refractivity contribution in [2.24, 2.45) is 0 Å². The molecule has 1 aliphatic heterocycles. The van der Waals surface area contributed by atoms with E-state index in [2.05, 4.69) is 10.3 Å². The molecule has 2 aromatic rings. The van der Waals surface area contributed by atoms with E-state index >= 15 is 0 Å². The number of nitrogens with one attached hydrogen (secondary N) is 1. The van der Waals surface area contributed by atoms with E-state index in [1.54, 1.807) is 0 Å². The van der Waals surface area contributed by atoms with E-state index in [1.165, 1.54) is 43.6 Å². The molecule has 0 bridgehead atoms. The van der Waals surface area contributed by atoms with Gasteiger partial charge in [-0.05, 0) is 35.4 Å². The molecule has 0 radical (unpaired) electrons. The number of amides is 2. The maximum absolute atomic E-state index is 13.6. The number of carbonyl (C=O) groups excluding carboxylic acids is 2. The zero-order valence-corrected chi connectivity index (χ0v) is 14.3. The smallest absolute Gasteiger partial charge is 0.417 e. The van der Waals surface area contributed by atoms with Gasteiger partial charge in [0.25, 0.3) is 0 Å². The molecule has 6 nitrogen and oxygen atoms in total. The third-order valence-electron chi connectivity index (χ3n) is 4.06. The van der Waals surface area contributed by atoms with Crippen LogP contribution in [0.25, 0.3) is 11.1 Å². The van der Waals surface area contributed by atoms with Crippen LogP contribution in [0.15, 0.2) is 42.7 Å². The van der Waals surface area contributed by atoms with E-state index in [9.17, 15) is 22.8 Å². The maximum atomic E-state index is 13.6. The summed E-state index contributed by atoms with van der Waals surface area (Å²) in [6, 6.07) is 6.66. The molecule has 1 aromatic heterocycles. The Morgan fingerprint density at radius 1 is 1.30 bits per heavy atom. The van der Waals surface area contributed by atoms with Gasteiger partial charge in [-0.1, -0.05) is 6.07 Å². The number of alkyl halides is 3. The lowest BCUT2D eigenvalue weighted by Gasteiger charge is -2.18. The Hall–Kier alpha value is -3.10. The lowest BCUT2D eigenvalue weighted by Crippen LogP contribution is -2.33. The van der Waals surface area contributed by atoms with Crippen molar-refractivity contribution < 1.29 is 27.5 Å². The molecule has 1 N–H and O–H groups in total. The van der Waals surface area contributed by atoms with Crippen molar-refractivity contribution in [1.82, 2.24) is 10.3 Å². The standard InChI is InChI=1S/C18H16F3N3O3/c1-11(25)23-9-14-10-24(17(26)27-14)13-2-3-15(12-4-6-22-7-5-12)16(8-13)18(19,20)21/h2-8,14H,9-10H2,1H3,(H,23,25). The fraction of sp³-hybridized carbons (Fsp3) is 0.278. The van der Waals surface area contributed by atoms with Crippen LogP contribution in [0.2, 0.25) is 0 Å². The molecule has 1 unspecified atom stereocenters. The summed E-state index contributed by atoms with van der Waals surface area (Å²) < 4.78 is 45.9. The van der Waals surface area contributed by atoms with Gasteiger partial charge in [0.1, 0.15) is 6.10 Å². The van der Waals surface area contributed by atoms with Crippen molar-refractivity contribution in [1.29, 1.82) is 0 Å². The second-order valence-corrected chi connectivity index (χ2v) is 6.02. The lowest BCUT2D eigenvalue weighted by molar-refractivity contribution is -0.137. The minimum Gasteiger partial charge on any atom is -0.442 e. The first-order chi connectivity index (χ1) is 12.8. The summed E-state index contributed by atoms with van der Waals surface area (Å²) in [6.07, 6.45) is -3.17. The molecule has 2 amide bonds. The number of nitrogens with zero attached hydrogens (tertiary/aromatic N) is 2. The summed E-state index contributed by atoms with van der Waals surface area (Å²) in [5.74, 6) is -0.287. The van der Waals surface area contributed by atoms with E-state index < -0.39 is 23.9 Å². The van der Waals surface area contributed by atoms with Gasteiger partial charge in [-0.15, -0.1) is 0 Å².